The molecule has 5 heteroatoms. The predicted octanol–water partition coefficient (Wildman–Crippen LogP) is 1.89. The van der Waals surface area contributed by atoms with E-state index in [1.165, 1.54) is 0 Å². The molecule has 0 spiro atoms. The first-order chi connectivity index (χ1) is 8.16. The fourth-order valence-electron chi connectivity index (χ4n) is 2.07. The smallest absolute Gasteiger partial charge is 0.316 e. The zero-order chi connectivity index (χ0) is 12.3. The molecule has 3 N–H and O–H groups in total. The monoisotopic (exact) mass is 231 g/mol. The van der Waals surface area contributed by atoms with Crippen molar-refractivity contribution in [2.45, 2.75) is 24.8 Å². The molecule has 1 fully saturated rings. The van der Waals surface area contributed by atoms with Gasteiger partial charge in [-0.05, 0) is 37.0 Å². The number of urea groups is 1. The van der Waals surface area contributed by atoms with Crippen molar-refractivity contribution >= 4 is 17.8 Å². The van der Waals surface area contributed by atoms with E-state index in [9.17, 15) is 9.59 Å². The summed E-state index contributed by atoms with van der Waals surface area (Å²) in [6, 6.07) is 6.61. The Balaban J connectivity index is 2.22. The molecule has 1 aliphatic rings. The van der Waals surface area contributed by atoms with Crippen molar-refractivity contribution < 1.29 is 9.59 Å². The number of aliphatic imine (C=N–C) groups is 1. The summed E-state index contributed by atoms with van der Waals surface area (Å²) in [5.74, 6) is 0. The molecule has 2 amide bonds. The zero-order valence-electron chi connectivity index (χ0n) is 9.27. The van der Waals surface area contributed by atoms with E-state index in [0.29, 0.717) is 5.69 Å². The fraction of sp³-hybridized carbons (Fsp3) is 0.333. The Bertz CT molecular complexity index is 471. The van der Waals surface area contributed by atoms with Crippen molar-refractivity contribution in [1.29, 1.82) is 0 Å². The van der Waals surface area contributed by atoms with Crippen molar-refractivity contribution in [3.05, 3.63) is 29.8 Å². The first kappa shape index (κ1) is 11.4. The Morgan fingerprint density at radius 3 is 2.41 bits per heavy atom. The van der Waals surface area contributed by atoms with Crippen LogP contribution in [0.4, 0.5) is 10.5 Å². The summed E-state index contributed by atoms with van der Waals surface area (Å²) < 4.78 is 0. The van der Waals surface area contributed by atoms with Crippen LogP contribution in [-0.2, 0) is 10.3 Å². The number of carbonyl (C=O) groups is 1. The van der Waals surface area contributed by atoms with Gasteiger partial charge in [-0.3, -0.25) is 0 Å². The van der Waals surface area contributed by atoms with E-state index < -0.39 is 11.6 Å². The lowest BCUT2D eigenvalue weighted by Crippen LogP contribution is -2.31. The van der Waals surface area contributed by atoms with Gasteiger partial charge in [0, 0.05) is 5.69 Å². The molecule has 1 aliphatic carbocycles. The number of isocyanates is 1. The summed E-state index contributed by atoms with van der Waals surface area (Å²) in [6.45, 7) is 0. The number of primary amides is 1. The topological polar surface area (TPSA) is 84.6 Å². The molecule has 0 aromatic heterocycles. The lowest BCUT2D eigenvalue weighted by atomic mass is 9.72. The van der Waals surface area contributed by atoms with E-state index in [1.807, 2.05) is 12.1 Å². The van der Waals surface area contributed by atoms with Crippen LogP contribution in [0.5, 0.6) is 0 Å². The maximum absolute atomic E-state index is 10.7. The van der Waals surface area contributed by atoms with Crippen LogP contribution in [0, 0.1) is 0 Å². The minimum Gasteiger partial charge on any atom is -0.351 e. The number of nitrogens with one attached hydrogen (secondary N) is 1. The third-order valence-electron chi connectivity index (χ3n) is 3.13. The summed E-state index contributed by atoms with van der Waals surface area (Å²) >= 11 is 0. The highest BCUT2D eigenvalue weighted by atomic mass is 16.2. The van der Waals surface area contributed by atoms with Crippen LogP contribution in [0.1, 0.15) is 24.8 Å². The Kier molecular flexibility index (Phi) is 2.93. The average molecular weight is 231 g/mol. The van der Waals surface area contributed by atoms with Crippen LogP contribution in [-0.4, -0.2) is 12.1 Å². The van der Waals surface area contributed by atoms with Gasteiger partial charge in [-0.2, -0.15) is 4.99 Å². The first-order valence-electron chi connectivity index (χ1n) is 5.42. The number of nitrogens with zero attached hydrogens (tertiary/aromatic N) is 1. The van der Waals surface area contributed by atoms with Gasteiger partial charge >= 0.3 is 6.03 Å². The average Bonchev–Trinajstić information content (AvgIpc) is 2.24. The third kappa shape index (κ3) is 2.19. The Morgan fingerprint density at radius 1 is 1.35 bits per heavy atom. The zero-order valence-corrected chi connectivity index (χ0v) is 9.27. The third-order valence-corrected chi connectivity index (χ3v) is 3.13. The van der Waals surface area contributed by atoms with Crippen LogP contribution in [0.15, 0.2) is 29.3 Å². The van der Waals surface area contributed by atoms with E-state index in [1.54, 1.807) is 18.2 Å². The van der Waals surface area contributed by atoms with Gasteiger partial charge in [-0.1, -0.05) is 12.1 Å². The number of benzene rings is 1. The fourth-order valence-corrected chi connectivity index (χ4v) is 2.07. The molecule has 0 atom stereocenters. The number of carbonyl (C=O) groups excluding carboxylic acids is 2. The summed E-state index contributed by atoms with van der Waals surface area (Å²) in [5, 5.41) is 2.48. The molecule has 0 unspecified atom stereocenters. The van der Waals surface area contributed by atoms with E-state index in [4.69, 9.17) is 5.73 Å². The maximum Gasteiger partial charge on any atom is 0.316 e. The number of hydrogen-bond donors (Lipinski definition) is 2. The van der Waals surface area contributed by atoms with E-state index in [2.05, 4.69) is 10.3 Å². The van der Waals surface area contributed by atoms with Gasteiger partial charge in [0.2, 0.25) is 6.08 Å². The first-order valence-corrected chi connectivity index (χ1v) is 5.42. The van der Waals surface area contributed by atoms with Gasteiger partial charge in [0.05, 0.1) is 5.54 Å². The predicted molar refractivity (Wildman–Crippen MR) is 63.3 cm³/mol. The van der Waals surface area contributed by atoms with Crippen molar-refractivity contribution in [3.8, 4) is 0 Å². The molecule has 5 nitrogen and oxygen atoms in total. The van der Waals surface area contributed by atoms with Crippen molar-refractivity contribution in [2.24, 2.45) is 10.7 Å². The lowest BCUT2D eigenvalue weighted by molar-refractivity contribution is 0.256. The normalized spacial score (nSPS) is 16.5. The summed E-state index contributed by atoms with van der Waals surface area (Å²) in [6.07, 6.45) is 4.43. The van der Waals surface area contributed by atoms with Gasteiger partial charge in [0.25, 0.3) is 0 Å². The number of rotatable bonds is 3. The molecule has 0 bridgehead atoms. The van der Waals surface area contributed by atoms with Crippen molar-refractivity contribution in [1.82, 2.24) is 0 Å². The molecule has 0 radical (unpaired) electrons. The second-order valence-corrected chi connectivity index (χ2v) is 4.15. The molecular formula is C12H13N3O2. The minimum atomic E-state index is -0.595. The van der Waals surface area contributed by atoms with Gasteiger partial charge in [0.1, 0.15) is 0 Å². The molecule has 0 heterocycles. The molecule has 0 saturated heterocycles. The Morgan fingerprint density at radius 2 is 2.00 bits per heavy atom. The number of nitrogens with two attached hydrogens (primary N) is 1. The molecule has 0 aliphatic heterocycles. The molecule has 1 saturated carbocycles. The van der Waals surface area contributed by atoms with Crippen LogP contribution >= 0.6 is 0 Å². The van der Waals surface area contributed by atoms with E-state index >= 15 is 0 Å². The van der Waals surface area contributed by atoms with Crippen LogP contribution < -0.4 is 11.1 Å². The van der Waals surface area contributed by atoms with Crippen LogP contribution in [0.2, 0.25) is 0 Å². The number of anilines is 1. The van der Waals surface area contributed by atoms with E-state index in [0.717, 1.165) is 24.8 Å². The molecule has 1 aromatic rings. The molecule has 88 valence electrons. The van der Waals surface area contributed by atoms with Crippen molar-refractivity contribution in [3.63, 3.8) is 0 Å². The summed E-state index contributed by atoms with van der Waals surface area (Å²) in [7, 11) is 0. The second-order valence-electron chi connectivity index (χ2n) is 4.15. The SMILES string of the molecule is NC(=O)Nc1ccc(C2(N=C=O)CCC2)cc1. The van der Waals surface area contributed by atoms with Gasteiger partial charge in [-0.15, -0.1) is 0 Å². The number of amides is 2. The second kappa shape index (κ2) is 4.39. The summed E-state index contributed by atoms with van der Waals surface area (Å²) in [5.41, 5.74) is 6.22. The lowest BCUT2D eigenvalue weighted by Gasteiger charge is -2.37. The number of hydrogen-bond acceptors (Lipinski definition) is 3. The minimum absolute atomic E-state index is 0.396. The Labute approximate surface area is 98.7 Å². The standard InChI is InChI=1S/C12H13N3O2/c13-11(17)15-10-4-2-9(3-5-10)12(14-8-16)6-1-7-12/h2-5H,1,6-7H2,(H3,13,15,17). The highest BCUT2D eigenvalue weighted by molar-refractivity contribution is 5.87. The van der Waals surface area contributed by atoms with E-state index in [-0.39, 0.29) is 0 Å². The highest BCUT2D eigenvalue weighted by Crippen LogP contribution is 2.44. The quantitative estimate of drug-likeness (QED) is 0.615. The largest absolute Gasteiger partial charge is 0.351 e. The van der Waals surface area contributed by atoms with Gasteiger partial charge in [-0.25, -0.2) is 9.59 Å². The maximum atomic E-state index is 10.7. The van der Waals surface area contributed by atoms with Gasteiger partial charge in [0.15, 0.2) is 0 Å². The molecule has 17 heavy (non-hydrogen) atoms. The summed E-state index contributed by atoms with van der Waals surface area (Å²) in [4.78, 5) is 25.0. The van der Waals surface area contributed by atoms with Crippen LogP contribution in [0.25, 0.3) is 0 Å². The van der Waals surface area contributed by atoms with Crippen LogP contribution in [0.3, 0.4) is 0 Å². The molecular weight excluding hydrogens is 218 g/mol. The van der Waals surface area contributed by atoms with Crippen molar-refractivity contribution in [2.75, 3.05) is 5.32 Å². The highest BCUT2D eigenvalue weighted by Gasteiger charge is 2.38. The Hall–Kier alpha value is -2.13. The van der Waals surface area contributed by atoms with Gasteiger partial charge < -0.3 is 11.1 Å². The molecule has 2 rings (SSSR count). The molecule has 1 aromatic carbocycles.